The molecule has 0 radical (unpaired) electrons. The van der Waals surface area contributed by atoms with E-state index in [-0.39, 0.29) is 6.10 Å². The summed E-state index contributed by atoms with van der Waals surface area (Å²) in [6.07, 6.45) is 7.24. The van der Waals surface area contributed by atoms with Crippen molar-refractivity contribution in [2.75, 3.05) is 6.54 Å². The lowest BCUT2D eigenvalue weighted by molar-refractivity contribution is 0.216. The predicted octanol–water partition coefficient (Wildman–Crippen LogP) is 4.25. The molecule has 0 amide bonds. The van der Waals surface area contributed by atoms with Crippen LogP contribution in [0.15, 0.2) is 79.4 Å². The van der Waals surface area contributed by atoms with E-state index in [1.807, 2.05) is 43.6 Å². The monoisotopic (exact) mass is 370 g/mol. The van der Waals surface area contributed by atoms with Crippen LogP contribution in [0, 0.1) is 0 Å². The van der Waals surface area contributed by atoms with Gasteiger partial charge in [0.15, 0.2) is 5.82 Å². The molecule has 0 unspecified atom stereocenters. The maximum absolute atomic E-state index is 5.81. The first-order chi connectivity index (χ1) is 13.8. The molecule has 5 heteroatoms. The molecule has 2 heterocycles. The molecule has 1 atom stereocenters. The fourth-order valence-electron chi connectivity index (χ4n) is 3.03. The second kappa shape index (κ2) is 8.59. The van der Waals surface area contributed by atoms with E-state index in [1.54, 1.807) is 12.4 Å². The highest BCUT2D eigenvalue weighted by molar-refractivity contribution is 5.86. The molecule has 4 aromatic rings. The Labute approximate surface area is 164 Å². The Morgan fingerprint density at radius 1 is 0.929 bits per heavy atom. The van der Waals surface area contributed by atoms with Crippen molar-refractivity contribution in [2.45, 2.75) is 19.6 Å². The summed E-state index contributed by atoms with van der Waals surface area (Å²) in [6.45, 7) is 3.44. The van der Waals surface area contributed by atoms with Crippen molar-refractivity contribution in [2.24, 2.45) is 0 Å². The number of fused-ring (bicyclic) bond motifs is 1. The Morgan fingerprint density at radius 3 is 2.54 bits per heavy atom. The smallest absolute Gasteiger partial charge is 0.159 e. The van der Waals surface area contributed by atoms with E-state index in [0.717, 1.165) is 29.2 Å². The average Bonchev–Trinajstić information content (AvgIpc) is 2.74. The SMILES string of the molecule is C[C@@H](CNCc1cnc(-c2ccc3ccccc3c2)nc1)Oc1cccnc1. The molecule has 2 aromatic carbocycles. The van der Waals surface area contributed by atoms with E-state index < -0.39 is 0 Å². The molecule has 0 aliphatic rings. The van der Waals surface area contributed by atoms with Gasteiger partial charge < -0.3 is 10.1 Å². The molecule has 0 fully saturated rings. The summed E-state index contributed by atoms with van der Waals surface area (Å²) in [5, 5.41) is 5.79. The van der Waals surface area contributed by atoms with Gasteiger partial charge in [-0.2, -0.15) is 0 Å². The van der Waals surface area contributed by atoms with Gasteiger partial charge in [0.2, 0.25) is 0 Å². The molecule has 0 aliphatic heterocycles. The normalized spacial score (nSPS) is 12.0. The molecule has 28 heavy (non-hydrogen) atoms. The van der Waals surface area contributed by atoms with Gasteiger partial charge in [0.25, 0.3) is 0 Å². The molecule has 0 saturated carbocycles. The molecule has 2 aromatic heterocycles. The van der Waals surface area contributed by atoms with E-state index in [1.165, 1.54) is 10.8 Å². The van der Waals surface area contributed by atoms with Crippen molar-refractivity contribution in [3.63, 3.8) is 0 Å². The summed E-state index contributed by atoms with van der Waals surface area (Å²) in [4.78, 5) is 13.1. The quantitative estimate of drug-likeness (QED) is 0.527. The van der Waals surface area contributed by atoms with Gasteiger partial charge in [-0.05, 0) is 35.9 Å². The summed E-state index contributed by atoms with van der Waals surface area (Å²) in [7, 11) is 0. The highest BCUT2D eigenvalue weighted by Gasteiger charge is 2.06. The molecule has 4 rings (SSSR count). The number of aromatic nitrogens is 3. The highest BCUT2D eigenvalue weighted by atomic mass is 16.5. The van der Waals surface area contributed by atoms with Crippen LogP contribution in [-0.2, 0) is 6.54 Å². The van der Waals surface area contributed by atoms with Crippen LogP contribution in [0.4, 0.5) is 0 Å². The summed E-state index contributed by atoms with van der Waals surface area (Å²) < 4.78 is 5.81. The molecule has 0 saturated heterocycles. The third-order valence-corrected chi connectivity index (χ3v) is 4.45. The zero-order valence-electron chi connectivity index (χ0n) is 15.7. The van der Waals surface area contributed by atoms with Crippen LogP contribution in [0.5, 0.6) is 5.75 Å². The van der Waals surface area contributed by atoms with Crippen molar-refractivity contribution in [3.8, 4) is 17.1 Å². The number of pyridine rings is 1. The summed E-state index contributed by atoms with van der Waals surface area (Å²) >= 11 is 0. The van der Waals surface area contributed by atoms with Crippen LogP contribution in [0.3, 0.4) is 0 Å². The number of rotatable bonds is 7. The molecular weight excluding hydrogens is 348 g/mol. The maximum Gasteiger partial charge on any atom is 0.159 e. The number of hydrogen-bond donors (Lipinski definition) is 1. The number of benzene rings is 2. The van der Waals surface area contributed by atoms with Crippen molar-refractivity contribution in [1.29, 1.82) is 0 Å². The summed E-state index contributed by atoms with van der Waals surface area (Å²) in [5.41, 5.74) is 2.06. The average molecular weight is 370 g/mol. The fraction of sp³-hybridized carbons (Fsp3) is 0.174. The Balaban J connectivity index is 1.33. The first kappa shape index (κ1) is 18.1. The van der Waals surface area contributed by atoms with Gasteiger partial charge in [0, 0.05) is 42.8 Å². The van der Waals surface area contributed by atoms with Crippen LogP contribution in [0.25, 0.3) is 22.2 Å². The minimum atomic E-state index is 0.0435. The number of hydrogen-bond acceptors (Lipinski definition) is 5. The molecule has 5 nitrogen and oxygen atoms in total. The lowest BCUT2D eigenvalue weighted by atomic mass is 10.1. The second-order valence-electron chi connectivity index (χ2n) is 6.72. The first-order valence-electron chi connectivity index (χ1n) is 9.35. The van der Waals surface area contributed by atoms with E-state index >= 15 is 0 Å². The lowest BCUT2D eigenvalue weighted by Gasteiger charge is -2.15. The van der Waals surface area contributed by atoms with Crippen molar-refractivity contribution in [3.05, 3.63) is 84.9 Å². The molecule has 0 aliphatic carbocycles. The lowest BCUT2D eigenvalue weighted by Crippen LogP contribution is -2.28. The van der Waals surface area contributed by atoms with Gasteiger partial charge in [-0.15, -0.1) is 0 Å². The highest BCUT2D eigenvalue weighted by Crippen LogP contribution is 2.21. The number of ether oxygens (including phenoxy) is 1. The minimum absolute atomic E-state index is 0.0435. The van der Waals surface area contributed by atoms with Crippen LogP contribution >= 0.6 is 0 Å². The maximum atomic E-state index is 5.81. The Morgan fingerprint density at radius 2 is 1.75 bits per heavy atom. The van der Waals surface area contributed by atoms with Crippen LogP contribution in [0.2, 0.25) is 0 Å². The summed E-state index contributed by atoms with van der Waals surface area (Å²) in [5.74, 6) is 1.52. The second-order valence-corrected chi connectivity index (χ2v) is 6.72. The fourth-order valence-corrected chi connectivity index (χ4v) is 3.03. The molecule has 140 valence electrons. The van der Waals surface area contributed by atoms with E-state index in [2.05, 4.69) is 50.6 Å². The summed E-state index contributed by atoms with van der Waals surface area (Å²) in [6, 6.07) is 18.4. The number of nitrogens with one attached hydrogen (secondary N) is 1. The third-order valence-electron chi connectivity index (χ3n) is 4.45. The van der Waals surface area contributed by atoms with Gasteiger partial charge in [-0.1, -0.05) is 36.4 Å². The minimum Gasteiger partial charge on any atom is -0.488 e. The predicted molar refractivity (Wildman–Crippen MR) is 111 cm³/mol. The van der Waals surface area contributed by atoms with Gasteiger partial charge in [0.1, 0.15) is 11.9 Å². The Kier molecular flexibility index (Phi) is 5.54. The topological polar surface area (TPSA) is 59.9 Å². The van der Waals surface area contributed by atoms with Crippen molar-refractivity contribution < 1.29 is 4.74 Å². The van der Waals surface area contributed by atoms with E-state index in [4.69, 9.17) is 4.74 Å². The zero-order chi connectivity index (χ0) is 19.2. The number of nitrogens with zero attached hydrogens (tertiary/aromatic N) is 3. The van der Waals surface area contributed by atoms with Gasteiger partial charge >= 0.3 is 0 Å². The van der Waals surface area contributed by atoms with Crippen LogP contribution in [0.1, 0.15) is 12.5 Å². The molecule has 1 N–H and O–H groups in total. The third kappa shape index (κ3) is 4.50. The van der Waals surface area contributed by atoms with Gasteiger partial charge in [0.05, 0.1) is 6.20 Å². The molecule has 0 spiro atoms. The van der Waals surface area contributed by atoms with E-state index in [0.29, 0.717) is 6.54 Å². The Bertz CT molecular complexity index is 1040. The van der Waals surface area contributed by atoms with Gasteiger partial charge in [-0.25, -0.2) is 9.97 Å². The van der Waals surface area contributed by atoms with Crippen molar-refractivity contribution in [1.82, 2.24) is 20.3 Å². The zero-order valence-corrected chi connectivity index (χ0v) is 15.7. The van der Waals surface area contributed by atoms with E-state index in [9.17, 15) is 0 Å². The molecule has 0 bridgehead atoms. The van der Waals surface area contributed by atoms with Crippen LogP contribution < -0.4 is 10.1 Å². The molecular formula is C23H22N4O. The van der Waals surface area contributed by atoms with Crippen LogP contribution in [-0.4, -0.2) is 27.6 Å². The standard InChI is InChI=1S/C23H22N4O/c1-17(28-22-7-4-10-24-16-22)12-25-13-18-14-26-23(27-15-18)21-9-8-19-5-2-3-6-20(19)11-21/h2-11,14-17,25H,12-13H2,1H3/t17-/m0/s1. The van der Waals surface area contributed by atoms with Crippen molar-refractivity contribution >= 4 is 10.8 Å². The first-order valence-corrected chi connectivity index (χ1v) is 9.35. The Hall–Kier alpha value is -3.31. The van der Waals surface area contributed by atoms with Gasteiger partial charge in [-0.3, -0.25) is 4.98 Å². The largest absolute Gasteiger partial charge is 0.488 e.